The molecule has 0 spiro atoms. The number of benzene rings is 2. The summed E-state index contributed by atoms with van der Waals surface area (Å²) < 4.78 is 11.4. The van der Waals surface area contributed by atoms with E-state index in [4.69, 9.17) is 15.2 Å². The van der Waals surface area contributed by atoms with Crippen LogP contribution in [0.2, 0.25) is 0 Å². The summed E-state index contributed by atoms with van der Waals surface area (Å²) in [5.41, 5.74) is 10.1. The standard InChI is InChI=1S/C21H26N2O3.ClH/c1-14-3-6-16(7-4-14)20(22)21(24)23-12-17-8-5-15(2)11-19(17)26-18-9-10-25-13-18;/h3-8,11,18,20H,9-10,12-13,22H2,1-2H3,(H,23,24);1H. The van der Waals surface area contributed by atoms with Gasteiger partial charge in [0, 0.05) is 18.5 Å². The van der Waals surface area contributed by atoms with E-state index < -0.39 is 6.04 Å². The Balaban J connectivity index is 0.00000261. The van der Waals surface area contributed by atoms with Crippen molar-refractivity contribution in [1.29, 1.82) is 0 Å². The van der Waals surface area contributed by atoms with Gasteiger partial charge in [0.2, 0.25) is 5.91 Å². The maximum absolute atomic E-state index is 12.4. The fourth-order valence-corrected chi connectivity index (χ4v) is 2.92. The first-order chi connectivity index (χ1) is 12.5. The number of carbonyl (C=O) groups excluding carboxylic acids is 1. The first-order valence-electron chi connectivity index (χ1n) is 8.96. The molecular formula is C21H27ClN2O3. The van der Waals surface area contributed by atoms with Crippen LogP contribution >= 0.6 is 12.4 Å². The Morgan fingerprint density at radius 2 is 1.93 bits per heavy atom. The Morgan fingerprint density at radius 1 is 1.22 bits per heavy atom. The van der Waals surface area contributed by atoms with Gasteiger partial charge < -0.3 is 20.5 Å². The monoisotopic (exact) mass is 390 g/mol. The molecule has 2 aromatic carbocycles. The number of carbonyl (C=O) groups is 1. The normalized spacial score (nSPS) is 17.1. The summed E-state index contributed by atoms with van der Waals surface area (Å²) in [5, 5.41) is 2.92. The third kappa shape index (κ3) is 5.70. The molecule has 0 saturated carbocycles. The maximum Gasteiger partial charge on any atom is 0.241 e. The molecule has 2 aromatic rings. The fourth-order valence-electron chi connectivity index (χ4n) is 2.92. The van der Waals surface area contributed by atoms with Gasteiger partial charge in [0.1, 0.15) is 17.9 Å². The lowest BCUT2D eigenvalue weighted by molar-refractivity contribution is -0.122. The molecule has 1 heterocycles. The van der Waals surface area contributed by atoms with Crippen molar-refractivity contribution in [2.45, 2.75) is 39.0 Å². The number of hydrogen-bond acceptors (Lipinski definition) is 4. The molecule has 1 fully saturated rings. The third-order valence-electron chi connectivity index (χ3n) is 4.58. The average Bonchev–Trinajstić information content (AvgIpc) is 3.14. The van der Waals surface area contributed by atoms with Crippen LogP contribution in [0.5, 0.6) is 5.75 Å². The van der Waals surface area contributed by atoms with Crippen molar-refractivity contribution in [3.63, 3.8) is 0 Å². The Bertz CT molecular complexity index is 759. The molecule has 1 saturated heterocycles. The van der Waals surface area contributed by atoms with Crippen LogP contribution < -0.4 is 15.8 Å². The molecule has 6 heteroatoms. The van der Waals surface area contributed by atoms with Crippen molar-refractivity contribution in [2.75, 3.05) is 13.2 Å². The average molecular weight is 391 g/mol. The number of hydrogen-bond donors (Lipinski definition) is 2. The summed E-state index contributed by atoms with van der Waals surface area (Å²) >= 11 is 0. The van der Waals surface area contributed by atoms with Crippen molar-refractivity contribution in [2.24, 2.45) is 5.73 Å². The fraction of sp³-hybridized carbons (Fsp3) is 0.381. The Morgan fingerprint density at radius 3 is 2.59 bits per heavy atom. The molecule has 3 rings (SSSR count). The minimum atomic E-state index is -0.686. The summed E-state index contributed by atoms with van der Waals surface area (Å²) in [7, 11) is 0. The van der Waals surface area contributed by atoms with Gasteiger partial charge in [-0.2, -0.15) is 0 Å². The van der Waals surface area contributed by atoms with Gasteiger partial charge in [-0.1, -0.05) is 42.0 Å². The lowest BCUT2D eigenvalue weighted by Crippen LogP contribution is -2.33. The number of amides is 1. The van der Waals surface area contributed by atoms with Crippen LogP contribution in [0.15, 0.2) is 42.5 Å². The van der Waals surface area contributed by atoms with Crippen LogP contribution in [0.25, 0.3) is 0 Å². The highest BCUT2D eigenvalue weighted by molar-refractivity contribution is 5.85. The molecule has 5 nitrogen and oxygen atoms in total. The molecule has 2 unspecified atom stereocenters. The van der Waals surface area contributed by atoms with Crippen molar-refractivity contribution in [1.82, 2.24) is 5.32 Å². The molecule has 0 radical (unpaired) electrons. The van der Waals surface area contributed by atoms with Gasteiger partial charge in [-0.25, -0.2) is 0 Å². The molecular weight excluding hydrogens is 364 g/mol. The van der Waals surface area contributed by atoms with E-state index in [0.717, 1.165) is 41.0 Å². The van der Waals surface area contributed by atoms with E-state index in [0.29, 0.717) is 13.2 Å². The van der Waals surface area contributed by atoms with E-state index in [1.54, 1.807) is 0 Å². The number of rotatable bonds is 6. The largest absolute Gasteiger partial charge is 0.488 e. The number of nitrogens with one attached hydrogen (secondary N) is 1. The predicted molar refractivity (Wildman–Crippen MR) is 108 cm³/mol. The van der Waals surface area contributed by atoms with Crippen LogP contribution in [0, 0.1) is 13.8 Å². The van der Waals surface area contributed by atoms with E-state index in [1.807, 2.05) is 56.3 Å². The van der Waals surface area contributed by atoms with Crippen LogP contribution in [-0.2, 0) is 16.1 Å². The second-order valence-electron chi connectivity index (χ2n) is 6.82. The molecule has 1 aliphatic rings. The first-order valence-corrected chi connectivity index (χ1v) is 8.96. The summed E-state index contributed by atoms with van der Waals surface area (Å²) in [5.74, 6) is 0.592. The van der Waals surface area contributed by atoms with E-state index >= 15 is 0 Å². The minimum absolute atomic E-state index is 0. The van der Waals surface area contributed by atoms with E-state index in [9.17, 15) is 4.79 Å². The van der Waals surface area contributed by atoms with E-state index in [2.05, 4.69) is 5.32 Å². The van der Waals surface area contributed by atoms with Crippen molar-refractivity contribution in [3.8, 4) is 5.75 Å². The molecule has 1 amide bonds. The smallest absolute Gasteiger partial charge is 0.241 e. The summed E-state index contributed by atoms with van der Waals surface area (Å²) in [6.45, 7) is 5.74. The molecule has 0 aliphatic carbocycles. The highest BCUT2D eigenvalue weighted by Gasteiger charge is 2.20. The minimum Gasteiger partial charge on any atom is -0.488 e. The molecule has 0 bridgehead atoms. The second-order valence-corrected chi connectivity index (χ2v) is 6.82. The molecule has 146 valence electrons. The number of aryl methyl sites for hydroxylation is 2. The lowest BCUT2D eigenvalue weighted by atomic mass is 10.0. The van der Waals surface area contributed by atoms with Gasteiger partial charge in [0.05, 0.1) is 13.2 Å². The number of halogens is 1. The van der Waals surface area contributed by atoms with Crippen molar-refractivity contribution >= 4 is 18.3 Å². The van der Waals surface area contributed by atoms with Gasteiger partial charge in [-0.15, -0.1) is 12.4 Å². The molecule has 0 aromatic heterocycles. The Hall–Kier alpha value is -2.08. The molecule has 3 N–H and O–H groups in total. The predicted octanol–water partition coefficient (Wildman–Crippen LogP) is 3.21. The quantitative estimate of drug-likeness (QED) is 0.794. The Labute approximate surface area is 166 Å². The van der Waals surface area contributed by atoms with Crippen LogP contribution in [0.1, 0.15) is 34.7 Å². The number of ether oxygens (including phenoxy) is 2. The van der Waals surface area contributed by atoms with Crippen LogP contribution in [0.4, 0.5) is 0 Å². The van der Waals surface area contributed by atoms with Gasteiger partial charge in [-0.05, 0) is 31.0 Å². The van der Waals surface area contributed by atoms with Crippen molar-refractivity contribution in [3.05, 3.63) is 64.7 Å². The van der Waals surface area contributed by atoms with Gasteiger partial charge in [0.15, 0.2) is 0 Å². The van der Waals surface area contributed by atoms with Gasteiger partial charge in [-0.3, -0.25) is 4.79 Å². The second kappa shape index (κ2) is 9.74. The number of nitrogens with two attached hydrogens (primary N) is 1. The zero-order valence-corrected chi connectivity index (χ0v) is 16.6. The first kappa shape index (κ1) is 21.2. The summed E-state index contributed by atoms with van der Waals surface area (Å²) in [6.07, 6.45) is 0.957. The highest BCUT2D eigenvalue weighted by Crippen LogP contribution is 2.24. The molecule has 27 heavy (non-hydrogen) atoms. The SMILES string of the molecule is Cc1ccc(C(N)C(=O)NCc2ccc(C)cc2OC2CCOC2)cc1.Cl. The molecule has 1 aliphatic heterocycles. The van der Waals surface area contributed by atoms with E-state index in [1.165, 1.54) is 0 Å². The Kier molecular flexibility index (Phi) is 7.66. The maximum atomic E-state index is 12.4. The van der Waals surface area contributed by atoms with Gasteiger partial charge in [0.25, 0.3) is 0 Å². The van der Waals surface area contributed by atoms with E-state index in [-0.39, 0.29) is 24.4 Å². The zero-order chi connectivity index (χ0) is 18.5. The highest BCUT2D eigenvalue weighted by atomic mass is 35.5. The van der Waals surface area contributed by atoms with Crippen molar-refractivity contribution < 1.29 is 14.3 Å². The lowest BCUT2D eigenvalue weighted by Gasteiger charge is -2.18. The van der Waals surface area contributed by atoms with Gasteiger partial charge >= 0.3 is 0 Å². The van der Waals surface area contributed by atoms with Crippen LogP contribution in [0.3, 0.4) is 0 Å². The van der Waals surface area contributed by atoms with Crippen LogP contribution in [-0.4, -0.2) is 25.2 Å². The summed E-state index contributed by atoms with van der Waals surface area (Å²) in [4.78, 5) is 12.4. The molecule has 2 atom stereocenters. The summed E-state index contributed by atoms with van der Waals surface area (Å²) in [6, 6.07) is 13.0. The third-order valence-corrected chi connectivity index (χ3v) is 4.58. The topological polar surface area (TPSA) is 73.6 Å². The zero-order valence-electron chi connectivity index (χ0n) is 15.7.